The molecule has 4 N–H and O–H groups in total. The third kappa shape index (κ3) is 10.2. The number of aryl methyl sites for hydroxylation is 1. The van der Waals surface area contributed by atoms with Gasteiger partial charge in [-0.05, 0) is 84.4 Å². The monoisotopic (exact) mass is 703 g/mol. The van der Waals surface area contributed by atoms with E-state index in [2.05, 4.69) is 107 Å². The highest BCUT2D eigenvalue weighted by atomic mass is 16.5. The van der Waals surface area contributed by atoms with Gasteiger partial charge in [0.15, 0.2) is 0 Å². The predicted octanol–water partition coefficient (Wildman–Crippen LogP) is 6.78. The highest BCUT2D eigenvalue weighted by Gasteiger charge is 2.26. The van der Waals surface area contributed by atoms with Crippen LogP contribution in [-0.2, 0) is 23.2 Å². The molecule has 8 heteroatoms. The summed E-state index contributed by atoms with van der Waals surface area (Å²) >= 11 is 0. The summed E-state index contributed by atoms with van der Waals surface area (Å²) in [6.07, 6.45) is 6.27. The largest absolute Gasteiger partial charge is 0.490 e. The van der Waals surface area contributed by atoms with Gasteiger partial charge in [0.2, 0.25) is 5.91 Å². The van der Waals surface area contributed by atoms with Crippen LogP contribution in [0.4, 0.5) is 11.4 Å². The summed E-state index contributed by atoms with van der Waals surface area (Å²) in [4.78, 5) is 16.8. The fraction of sp³-hybridized carbons (Fsp3) is 0.386. The van der Waals surface area contributed by atoms with Crippen molar-refractivity contribution in [1.82, 2.24) is 15.5 Å². The number of aliphatic hydroxyl groups is 1. The van der Waals surface area contributed by atoms with E-state index in [0.29, 0.717) is 26.1 Å². The lowest BCUT2D eigenvalue weighted by atomic mass is 9.76. The minimum Gasteiger partial charge on any atom is -0.490 e. The quantitative estimate of drug-likeness (QED) is 0.0851. The van der Waals surface area contributed by atoms with Crippen LogP contribution in [-0.4, -0.2) is 82.5 Å². The fourth-order valence-corrected chi connectivity index (χ4v) is 6.74. The molecule has 4 aromatic rings. The number of benzene rings is 4. The number of allylic oxidation sites excluding steroid dienone is 2. The molecule has 0 bridgehead atoms. The van der Waals surface area contributed by atoms with Crippen LogP contribution < -0.4 is 25.6 Å². The smallest absolute Gasteiger partial charge is 0.221 e. The lowest BCUT2D eigenvalue weighted by Crippen LogP contribution is -2.36. The van der Waals surface area contributed by atoms with Gasteiger partial charge in [0.25, 0.3) is 0 Å². The van der Waals surface area contributed by atoms with E-state index in [-0.39, 0.29) is 17.9 Å². The van der Waals surface area contributed by atoms with Crippen LogP contribution in [0.5, 0.6) is 5.75 Å². The van der Waals surface area contributed by atoms with Gasteiger partial charge in [-0.2, -0.15) is 0 Å². The highest BCUT2D eigenvalue weighted by Crippen LogP contribution is 2.37. The Balaban J connectivity index is 1.16. The minimum atomic E-state index is -0.646. The maximum atomic E-state index is 12.4. The number of nitrogens with one attached hydrogen (secondary N) is 3. The molecule has 0 fully saturated rings. The Bertz CT molecular complexity index is 1840. The number of likely N-dealkylation sites (N-methyl/N-ethyl adjacent to an activating group) is 1. The molecule has 1 heterocycles. The molecule has 8 nitrogen and oxygen atoms in total. The number of ether oxygens (including phenoxy) is 1. The van der Waals surface area contributed by atoms with E-state index >= 15 is 0 Å². The molecule has 0 aliphatic carbocycles. The van der Waals surface area contributed by atoms with E-state index in [4.69, 9.17) is 4.74 Å². The van der Waals surface area contributed by atoms with Gasteiger partial charge in [0.1, 0.15) is 18.5 Å². The number of hydrogen-bond acceptors (Lipinski definition) is 7. The molecule has 0 saturated heterocycles. The number of hydrogen-bond donors (Lipinski definition) is 4. The van der Waals surface area contributed by atoms with E-state index in [9.17, 15) is 9.90 Å². The van der Waals surface area contributed by atoms with Crippen molar-refractivity contribution in [3.05, 3.63) is 119 Å². The number of amides is 1. The average molecular weight is 704 g/mol. The number of aliphatic hydroxyl groups excluding tert-OH is 1. The lowest BCUT2D eigenvalue weighted by Gasteiger charge is -2.31. The maximum Gasteiger partial charge on any atom is 0.221 e. The number of nitrogens with zero attached hydrogens (tertiary/aromatic N) is 2. The Kier molecular flexibility index (Phi) is 13.5. The third-order valence-electron chi connectivity index (χ3n) is 10.0. The van der Waals surface area contributed by atoms with Crippen LogP contribution in [0, 0.1) is 0 Å². The Labute approximate surface area is 310 Å². The van der Waals surface area contributed by atoms with Crippen molar-refractivity contribution in [3.63, 3.8) is 0 Å². The van der Waals surface area contributed by atoms with Crippen molar-refractivity contribution >= 4 is 34.1 Å². The summed E-state index contributed by atoms with van der Waals surface area (Å²) in [6.45, 7) is 13.4. The Morgan fingerprint density at radius 3 is 2.69 bits per heavy atom. The first-order valence-corrected chi connectivity index (χ1v) is 18.5. The van der Waals surface area contributed by atoms with Gasteiger partial charge < -0.3 is 35.6 Å². The minimum absolute atomic E-state index is 0.107. The van der Waals surface area contributed by atoms with Crippen molar-refractivity contribution in [1.29, 1.82) is 0 Å². The first kappa shape index (κ1) is 38.6. The molecule has 0 radical (unpaired) electrons. The van der Waals surface area contributed by atoms with Crippen molar-refractivity contribution in [3.8, 4) is 5.75 Å². The fourth-order valence-electron chi connectivity index (χ4n) is 6.74. The van der Waals surface area contributed by atoms with Crippen molar-refractivity contribution in [2.45, 2.75) is 51.2 Å². The lowest BCUT2D eigenvalue weighted by molar-refractivity contribution is -0.120. The molecule has 5 rings (SSSR count). The Hall–Kier alpha value is -4.63. The standard InChI is InChI=1S/C44H57N5O3/c1-32(16-17-33-19-21-41-36(27-33)13-10-24-49(41)25-22-43(51)47-23-26-48(5)6)44(2,3)39-28-34(18-20-40(39)45-4)29-46-30-37(50)31-52-42-15-9-12-35-11-7-8-14-38(35)42/h7-9,11-12,14-21,27-28,37,45-46,50H,1,10,13,22-26,29-31H2,2-6H3,(H,47,51). The van der Waals surface area contributed by atoms with Gasteiger partial charge in [-0.15, -0.1) is 0 Å². The van der Waals surface area contributed by atoms with Crippen LogP contribution in [0.3, 0.4) is 0 Å². The van der Waals surface area contributed by atoms with E-state index in [0.717, 1.165) is 76.9 Å². The van der Waals surface area contributed by atoms with Crippen LogP contribution >= 0.6 is 0 Å². The van der Waals surface area contributed by atoms with Gasteiger partial charge in [0, 0.05) is 74.9 Å². The van der Waals surface area contributed by atoms with Crippen molar-refractivity contribution < 1.29 is 14.6 Å². The van der Waals surface area contributed by atoms with Crippen molar-refractivity contribution in [2.24, 2.45) is 0 Å². The normalized spacial score (nSPS) is 13.7. The van der Waals surface area contributed by atoms with Gasteiger partial charge >= 0.3 is 0 Å². The van der Waals surface area contributed by atoms with E-state index in [1.165, 1.54) is 11.3 Å². The average Bonchev–Trinajstić information content (AvgIpc) is 3.14. The number of anilines is 2. The molecule has 52 heavy (non-hydrogen) atoms. The zero-order chi connectivity index (χ0) is 37.1. The second-order valence-corrected chi connectivity index (χ2v) is 14.6. The second-order valence-electron chi connectivity index (χ2n) is 14.6. The molecule has 0 spiro atoms. The third-order valence-corrected chi connectivity index (χ3v) is 10.0. The molecule has 4 aromatic carbocycles. The number of fused-ring (bicyclic) bond motifs is 2. The number of carbonyl (C=O) groups is 1. The van der Waals surface area contributed by atoms with Gasteiger partial charge in [-0.25, -0.2) is 0 Å². The first-order valence-electron chi connectivity index (χ1n) is 18.5. The zero-order valence-electron chi connectivity index (χ0n) is 31.7. The van der Waals surface area contributed by atoms with Crippen molar-refractivity contribution in [2.75, 3.05) is 70.7 Å². The molecule has 0 saturated carbocycles. The van der Waals surface area contributed by atoms with E-state index in [1.54, 1.807) is 0 Å². The highest BCUT2D eigenvalue weighted by molar-refractivity contribution is 5.88. The predicted molar refractivity (Wildman–Crippen MR) is 218 cm³/mol. The summed E-state index contributed by atoms with van der Waals surface area (Å²) in [7, 11) is 5.97. The van der Waals surface area contributed by atoms with Gasteiger partial charge in [-0.3, -0.25) is 4.79 Å². The Morgan fingerprint density at radius 2 is 1.88 bits per heavy atom. The first-order chi connectivity index (χ1) is 25.0. The van der Waals surface area contributed by atoms with Crippen LogP contribution in [0.15, 0.2) is 97.1 Å². The van der Waals surface area contributed by atoms with E-state index in [1.807, 2.05) is 51.5 Å². The van der Waals surface area contributed by atoms with E-state index < -0.39 is 6.10 Å². The number of rotatable bonds is 18. The summed E-state index contributed by atoms with van der Waals surface area (Å²) in [6, 6.07) is 27.2. The summed E-state index contributed by atoms with van der Waals surface area (Å²) < 4.78 is 5.99. The molecule has 1 aliphatic rings. The molecule has 1 atom stereocenters. The Morgan fingerprint density at radius 1 is 1.08 bits per heavy atom. The molecule has 0 aromatic heterocycles. The molecular formula is C44H57N5O3. The maximum absolute atomic E-state index is 12.4. The van der Waals surface area contributed by atoms with Gasteiger partial charge in [-0.1, -0.05) is 87.2 Å². The second kappa shape index (κ2) is 18.2. The zero-order valence-corrected chi connectivity index (χ0v) is 31.7. The summed E-state index contributed by atoms with van der Waals surface area (Å²) in [5.74, 6) is 0.888. The molecule has 276 valence electrons. The molecule has 1 amide bonds. The van der Waals surface area contributed by atoms with Gasteiger partial charge in [0.05, 0.1) is 0 Å². The van der Waals surface area contributed by atoms with Crippen LogP contribution in [0.2, 0.25) is 0 Å². The SMILES string of the molecule is C=C(C=Cc1ccc2c(c1)CCCN2CCC(=O)NCCN(C)C)C(C)(C)c1cc(CNCC(O)COc2cccc3ccccc23)ccc1NC. The summed E-state index contributed by atoms with van der Waals surface area (Å²) in [5.41, 5.74) is 7.73. The summed E-state index contributed by atoms with van der Waals surface area (Å²) in [5, 5.41) is 22.6. The topological polar surface area (TPSA) is 89.1 Å². The molecule has 1 aliphatic heterocycles. The van der Waals surface area contributed by atoms with Crippen LogP contribution in [0.25, 0.3) is 16.8 Å². The van der Waals surface area contributed by atoms with Crippen LogP contribution in [0.1, 0.15) is 48.9 Å². The molecular weight excluding hydrogens is 647 g/mol. The molecule has 1 unspecified atom stereocenters. The number of carbonyl (C=O) groups excluding carboxylic acids is 1.